The lowest BCUT2D eigenvalue weighted by atomic mass is 10.1. The minimum atomic E-state index is -0.749. The zero-order chi connectivity index (χ0) is 22.7. The summed E-state index contributed by atoms with van der Waals surface area (Å²) in [6.07, 6.45) is 1.54. The molecule has 0 aliphatic heterocycles. The molecule has 1 aliphatic carbocycles. The number of anilines is 4. The van der Waals surface area contributed by atoms with Crippen LogP contribution in [0.1, 0.15) is 43.0 Å². The van der Waals surface area contributed by atoms with Crippen LogP contribution in [-0.2, 0) is 0 Å². The summed E-state index contributed by atoms with van der Waals surface area (Å²) in [6, 6.07) is 7.95. The lowest BCUT2D eigenvalue weighted by Crippen LogP contribution is -2.28. The molecule has 2 aromatic heterocycles. The van der Waals surface area contributed by atoms with E-state index in [4.69, 9.17) is 17.3 Å². The first-order chi connectivity index (χ1) is 15.4. The molecule has 11 heteroatoms. The number of halogens is 2. The number of aromatic amines is 1. The maximum atomic E-state index is 13.3. The maximum absolute atomic E-state index is 13.3. The van der Waals surface area contributed by atoms with Crippen molar-refractivity contribution >= 4 is 35.0 Å². The lowest BCUT2D eigenvalue weighted by molar-refractivity contribution is 0.196. The summed E-state index contributed by atoms with van der Waals surface area (Å²) in [5, 5.41) is 26.8. The third-order valence-corrected chi connectivity index (χ3v) is 5.55. The van der Waals surface area contributed by atoms with Gasteiger partial charge in [0.2, 0.25) is 5.95 Å². The molecule has 3 aromatic rings. The van der Waals surface area contributed by atoms with Gasteiger partial charge in [-0.3, -0.25) is 5.10 Å². The Morgan fingerprint density at radius 1 is 1.25 bits per heavy atom. The summed E-state index contributed by atoms with van der Waals surface area (Å²) >= 11 is 6.54. The van der Waals surface area contributed by atoms with E-state index in [1.807, 2.05) is 13.0 Å². The molecule has 9 nitrogen and oxygen atoms in total. The monoisotopic (exact) mass is 460 g/mol. The molecule has 32 heavy (non-hydrogen) atoms. The van der Waals surface area contributed by atoms with Crippen LogP contribution in [0.3, 0.4) is 0 Å². The minimum absolute atomic E-state index is 0.103. The molecule has 4 rings (SSSR count). The molecular weight excluding hydrogens is 435 g/mol. The normalized spacial score (nSPS) is 15.3. The molecule has 1 unspecified atom stereocenters. The van der Waals surface area contributed by atoms with Gasteiger partial charge in [0.1, 0.15) is 16.7 Å². The van der Waals surface area contributed by atoms with Crippen LogP contribution in [0.5, 0.6) is 0 Å². The highest BCUT2D eigenvalue weighted by Crippen LogP contribution is 2.40. The smallest absolute Gasteiger partial charge is 0.227 e. The highest BCUT2D eigenvalue weighted by molar-refractivity contribution is 6.35. The molecule has 2 atom stereocenters. The van der Waals surface area contributed by atoms with Crippen LogP contribution in [0.2, 0.25) is 5.02 Å². The van der Waals surface area contributed by atoms with Crippen molar-refractivity contribution in [2.75, 3.05) is 29.0 Å². The molecule has 170 valence electrons. The van der Waals surface area contributed by atoms with E-state index in [0.717, 1.165) is 24.1 Å². The standard InChI is InChI=1S/C21H26ClFN8O/c1-11(12-4-6-14(23)7-5-12)26-21-28-19(25-10-15(32)9-24)18(22)20(29-21)27-17-8-16(30-31-17)13-2-3-13/h4-8,11,13,15,32H,2-3,9-10,24H2,1H3,(H4,25,26,27,28,29,30,31)/t11-,15?/m0/s1. The van der Waals surface area contributed by atoms with Crippen molar-refractivity contribution in [3.63, 3.8) is 0 Å². The fraction of sp³-hybridized carbons (Fsp3) is 0.381. The topological polar surface area (TPSA) is 137 Å². The van der Waals surface area contributed by atoms with Crippen LogP contribution in [-0.4, -0.2) is 44.5 Å². The summed E-state index contributed by atoms with van der Waals surface area (Å²) in [4.78, 5) is 8.96. The fourth-order valence-corrected chi connectivity index (χ4v) is 3.35. The Labute approximate surface area is 190 Å². The Hall–Kier alpha value is -2.95. The summed E-state index contributed by atoms with van der Waals surface area (Å²) in [6.45, 7) is 2.20. The van der Waals surface area contributed by atoms with Crippen LogP contribution < -0.4 is 21.7 Å². The second-order valence-electron chi connectivity index (χ2n) is 7.85. The van der Waals surface area contributed by atoms with Gasteiger partial charge in [-0.15, -0.1) is 0 Å². The number of benzene rings is 1. The van der Waals surface area contributed by atoms with Crippen LogP contribution in [0.4, 0.5) is 27.8 Å². The van der Waals surface area contributed by atoms with Crippen molar-refractivity contribution in [2.45, 2.75) is 37.8 Å². The summed E-state index contributed by atoms with van der Waals surface area (Å²) < 4.78 is 13.3. The van der Waals surface area contributed by atoms with E-state index in [2.05, 4.69) is 36.1 Å². The highest BCUT2D eigenvalue weighted by Gasteiger charge is 2.26. The first-order valence-corrected chi connectivity index (χ1v) is 10.8. The van der Waals surface area contributed by atoms with Crippen LogP contribution in [0.25, 0.3) is 0 Å². The molecule has 7 N–H and O–H groups in total. The minimum Gasteiger partial charge on any atom is -0.390 e. The number of hydrogen-bond donors (Lipinski definition) is 6. The number of aromatic nitrogens is 4. The van der Waals surface area contributed by atoms with E-state index in [9.17, 15) is 9.50 Å². The lowest BCUT2D eigenvalue weighted by Gasteiger charge is -2.18. The second kappa shape index (κ2) is 9.68. The third kappa shape index (κ3) is 5.45. The van der Waals surface area contributed by atoms with Gasteiger partial charge in [0, 0.05) is 25.1 Å². The van der Waals surface area contributed by atoms with E-state index < -0.39 is 6.10 Å². The molecule has 1 fully saturated rings. The van der Waals surface area contributed by atoms with E-state index in [1.54, 1.807) is 12.1 Å². The number of aliphatic hydroxyl groups is 1. The van der Waals surface area contributed by atoms with Gasteiger partial charge in [0.05, 0.1) is 17.8 Å². The Kier molecular flexibility index (Phi) is 6.73. The van der Waals surface area contributed by atoms with Crippen molar-refractivity contribution in [3.05, 3.63) is 52.4 Å². The molecule has 1 aliphatic rings. The molecule has 0 amide bonds. The van der Waals surface area contributed by atoms with Gasteiger partial charge in [0.15, 0.2) is 11.6 Å². The summed E-state index contributed by atoms with van der Waals surface area (Å²) in [5.41, 5.74) is 7.37. The quantitative estimate of drug-likeness (QED) is 0.270. The third-order valence-electron chi connectivity index (χ3n) is 5.19. The van der Waals surface area contributed by atoms with Gasteiger partial charge in [-0.05, 0) is 37.5 Å². The van der Waals surface area contributed by atoms with Crippen LogP contribution in [0.15, 0.2) is 30.3 Å². The summed E-state index contributed by atoms with van der Waals surface area (Å²) in [7, 11) is 0. The number of aliphatic hydroxyl groups excluding tert-OH is 1. The van der Waals surface area contributed by atoms with E-state index >= 15 is 0 Å². The van der Waals surface area contributed by atoms with Crippen molar-refractivity contribution in [3.8, 4) is 0 Å². The number of hydrogen-bond acceptors (Lipinski definition) is 8. The van der Waals surface area contributed by atoms with Crippen molar-refractivity contribution in [1.82, 2.24) is 20.2 Å². The Balaban J connectivity index is 1.58. The van der Waals surface area contributed by atoms with Gasteiger partial charge in [-0.25, -0.2) is 4.39 Å². The Bertz CT molecular complexity index is 1060. The second-order valence-corrected chi connectivity index (χ2v) is 8.23. The molecule has 0 spiro atoms. The van der Waals surface area contributed by atoms with Crippen molar-refractivity contribution in [2.24, 2.45) is 5.73 Å². The van der Waals surface area contributed by atoms with Crippen LogP contribution >= 0.6 is 11.6 Å². The number of rotatable bonds is 10. The van der Waals surface area contributed by atoms with Gasteiger partial charge in [-0.1, -0.05) is 23.7 Å². The predicted octanol–water partition coefficient (Wildman–Crippen LogP) is 3.52. The molecule has 1 aromatic carbocycles. The molecular formula is C21H26ClFN8O. The van der Waals surface area contributed by atoms with E-state index in [0.29, 0.717) is 29.3 Å². The first-order valence-electron chi connectivity index (χ1n) is 10.5. The maximum Gasteiger partial charge on any atom is 0.227 e. The number of nitrogens with one attached hydrogen (secondary N) is 4. The van der Waals surface area contributed by atoms with Gasteiger partial charge in [-0.2, -0.15) is 15.1 Å². The van der Waals surface area contributed by atoms with Crippen molar-refractivity contribution < 1.29 is 9.50 Å². The highest BCUT2D eigenvalue weighted by atomic mass is 35.5. The largest absolute Gasteiger partial charge is 0.390 e. The molecule has 1 saturated carbocycles. The van der Waals surface area contributed by atoms with E-state index in [1.165, 1.54) is 12.1 Å². The van der Waals surface area contributed by atoms with Crippen LogP contribution in [0, 0.1) is 5.82 Å². The average molecular weight is 461 g/mol. The zero-order valence-corrected chi connectivity index (χ0v) is 18.3. The summed E-state index contributed by atoms with van der Waals surface area (Å²) in [5.74, 6) is 1.88. The first kappa shape index (κ1) is 22.3. The molecule has 0 bridgehead atoms. The average Bonchev–Trinajstić information content (AvgIpc) is 3.53. The molecule has 0 radical (unpaired) electrons. The van der Waals surface area contributed by atoms with Gasteiger partial charge >= 0.3 is 0 Å². The van der Waals surface area contributed by atoms with Gasteiger partial charge < -0.3 is 26.8 Å². The molecule has 0 saturated heterocycles. The molecule has 2 heterocycles. The number of nitrogens with zero attached hydrogens (tertiary/aromatic N) is 3. The SMILES string of the molecule is C[C@H](Nc1nc(NCC(O)CN)c(Cl)c(Nc2cc(C3CC3)n[nH]2)n1)c1ccc(F)cc1. The van der Waals surface area contributed by atoms with Gasteiger partial charge in [0.25, 0.3) is 0 Å². The van der Waals surface area contributed by atoms with Crippen molar-refractivity contribution in [1.29, 1.82) is 0 Å². The Morgan fingerprint density at radius 2 is 1.97 bits per heavy atom. The Morgan fingerprint density at radius 3 is 2.66 bits per heavy atom. The number of nitrogens with two attached hydrogens (primary N) is 1. The number of H-pyrrole nitrogens is 1. The fourth-order valence-electron chi connectivity index (χ4n) is 3.15. The van der Waals surface area contributed by atoms with E-state index in [-0.39, 0.29) is 30.0 Å². The predicted molar refractivity (Wildman–Crippen MR) is 123 cm³/mol. The zero-order valence-electron chi connectivity index (χ0n) is 17.6.